The number of aryl methyl sites for hydroxylation is 1. The van der Waals surface area contributed by atoms with Gasteiger partial charge in [-0.1, -0.05) is 54.9 Å². The smallest absolute Gasteiger partial charge is 0.404 e. The van der Waals surface area contributed by atoms with E-state index in [4.69, 9.17) is 16.7 Å². The largest absolute Gasteiger partial charge is 0.465 e. The highest BCUT2D eigenvalue weighted by molar-refractivity contribution is 6.33. The van der Waals surface area contributed by atoms with Gasteiger partial charge in [0.2, 0.25) is 5.91 Å². The van der Waals surface area contributed by atoms with Crippen molar-refractivity contribution >= 4 is 23.6 Å². The molecule has 4 N–H and O–H groups in total. The van der Waals surface area contributed by atoms with Crippen LogP contribution in [0, 0.1) is 17.8 Å². The molecule has 1 aliphatic carbocycles. The second-order valence-electron chi connectivity index (χ2n) is 11.9. The summed E-state index contributed by atoms with van der Waals surface area (Å²) in [5.74, 6) is 0.704. The Balaban J connectivity index is 1.63. The third-order valence-corrected chi connectivity index (χ3v) is 9.53. The number of amides is 2. The van der Waals surface area contributed by atoms with E-state index in [2.05, 4.69) is 29.7 Å². The van der Waals surface area contributed by atoms with Gasteiger partial charge in [0.25, 0.3) is 0 Å². The van der Waals surface area contributed by atoms with Gasteiger partial charge in [-0.15, -0.1) is 0 Å². The van der Waals surface area contributed by atoms with E-state index < -0.39 is 11.7 Å². The van der Waals surface area contributed by atoms with Gasteiger partial charge in [0.15, 0.2) is 0 Å². The molecule has 1 unspecified atom stereocenters. The van der Waals surface area contributed by atoms with Crippen molar-refractivity contribution in [3.63, 3.8) is 0 Å². The number of rotatable bonds is 11. The molecule has 1 heterocycles. The summed E-state index contributed by atoms with van der Waals surface area (Å²) in [6.45, 7) is 4.55. The molecule has 2 fully saturated rings. The molecule has 2 atom stereocenters. The molecule has 2 amide bonds. The monoisotopic (exact) mass is 583 g/mol. The van der Waals surface area contributed by atoms with E-state index in [1.54, 1.807) is 0 Å². The van der Waals surface area contributed by atoms with Crippen molar-refractivity contribution in [1.29, 1.82) is 0 Å². The molecule has 0 spiro atoms. The quantitative estimate of drug-likeness (QED) is 0.241. The fourth-order valence-corrected chi connectivity index (χ4v) is 7.25. The lowest BCUT2D eigenvalue weighted by atomic mass is 9.71. The number of nitrogens with zero attached hydrogens (tertiary/aromatic N) is 1. The van der Waals surface area contributed by atoms with E-state index in [0.717, 1.165) is 68.2 Å². The molecule has 2 aliphatic rings. The normalized spacial score (nSPS) is 22.6. The van der Waals surface area contributed by atoms with Crippen molar-refractivity contribution in [2.75, 3.05) is 33.2 Å². The molecule has 1 saturated heterocycles. The lowest BCUT2D eigenvalue weighted by molar-refractivity contribution is -0.142. The van der Waals surface area contributed by atoms with Crippen LogP contribution in [0.5, 0.6) is 0 Å². The molecule has 0 bridgehead atoms. The van der Waals surface area contributed by atoms with Crippen LogP contribution >= 0.6 is 11.6 Å². The minimum atomic E-state index is -1.29. The molecule has 7 nitrogen and oxygen atoms in total. The Kier molecular flexibility index (Phi) is 11.1. The summed E-state index contributed by atoms with van der Waals surface area (Å²) in [4.78, 5) is 26.8. The van der Waals surface area contributed by atoms with Crippen LogP contribution in [0.25, 0.3) is 11.1 Å². The van der Waals surface area contributed by atoms with Gasteiger partial charge in [0.1, 0.15) is 0 Å². The van der Waals surface area contributed by atoms with E-state index in [1.165, 1.54) is 5.56 Å². The zero-order valence-electron chi connectivity index (χ0n) is 24.5. The van der Waals surface area contributed by atoms with E-state index in [1.807, 2.05) is 42.3 Å². The van der Waals surface area contributed by atoms with Crippen LogP contribution in [-0.4, -0.2) is 60.3 Å². The molecule has 2 aromatic carbocycles. The van der Waals surface area contributed by atoms with Crippen molar-refractivity contribution in [2.24, 2.45) is 17.8 Å². The average molecular weight is 584 g/mol. The summed E-state index contributed by atoms with van der Waals surface area (Å²) in [7, 11) is 1.98. The predicted molar refractivity (Wildman–Crippen MR) is 164 cm³/mol. The van der Waals surface area contributed by atoms with Gasteiger partial charge in [0.05, 0.1) is 5.60 Å². The number of hydrogen-bond donors (Lipinski definition) is 4. The topological polar surface area (TPSA) is 102 Å². The molecular weight excluding hydrogens is 538 g/mol. The number of likely N-dealkylation sites (tertiary alicyclic amines) is 1. The Labute approximate surface area is 249 Å². The first kappa shape index (κ1) is 31.3. The highest BCUT2D eigenvalue weighted by Gasteiger charge is 2.43. The maximum Gasteiger partial charge on any atom is 0.404 e. The number of carbonyl (C=O) groups excluding carboxylic acids is 1. The first-order valence-corrected chi connectivity index (χ1v) is 15.7. The van der Waals surface area contributed by atoms with Gasteiger partial charge in [-0.2, -0.15) is 0 Å². The van der Waals surface area contributed by atoms with E-state index in [-0.39, 0.29) is 24.3 Å². The van der Waals surface area contributed by atoms with Gasteiger partial charge >= 0.3 is 6.09 Å². The lowest BCUT2D eigenvalue weighted by Gasteiger charge is -2.44. The number of nitrogens with one attached hydrogen (secondary N) is 2. The fourth-order valence-electron chi connectivity index (χ4n) is 6.96. The van der Waals surface area contributed by atoms with Crippen molar-refractivity contribution in [1.82, 2.24) is 15.5 Å². The summed E-state index contributed by atoms with van der Waals surface area (Å²) < 4.78 is 0. The van der Waals surface area contributed by atoms with Gasteiger partial charge in [-0.25, -0.2) is 4.79 Å². The molecule has 0 aromatic heterocycles. The van der Waals surface area contributed by atoms with Crippen LogP contribution in [0.1, 0.15) is 69.4 Å². The number of halogens is 1. The first-order valence-electron chi connectivity index (χ1n) is 15.3. The molecule has 8 heteroatoms. The van der Waals surface area contributed by atoms with Crippen LogP contribution in [-0.2, 0) is 16.8 Å². The van der Waals surface area contributed by atoms with E-state index in [0.29, 0.717) is 36.9 Å². The Hall–Kier alpha value is -2.61. The number of carboxylic acid groups (broad SMARTS) is 1. The van der Waals surface area contributed by atoms with Crippen LogP contribution in [0.15, 0.2) is 42.5 Å². The average Bonchev–Trinajstić information content (AvgIpc) is 2.99. The number of carbonyl (C=O) groups is 2. The number of aliphatic hydroxyl groups is 1. The minimum absolute atomic E-state index is 0.0493. The zero-order chi connectivity index (χ0) is 29.4. The number of benzene rings is 2. The zero-order valence-corrected chi connectivity index (χ0v) is 25.3. The number of piperidine rings is 1. The molecule has 41 heavy (non-hydrogen) atoms. The SMILES string of the molecule is CCc1cccc(-c2c(Cl)cccc2C(O)(CCCNC(=O)O)[C@@H]2CCCN(C(=O)[C@H]3CC[C@H](CNC)CC3)C2)c1. The van der Waals surface area contributed by atoms with Gasteiger partial charge in [0, 0.05) is 42.1 Å². The predicted octanol–water partition coefficient (Wildman–Crippen LogP) is 6.07. The molecule has 1 saturated carbocycles. The van der Waals surface area contributed by atoms with Crippen molar-refractivity contribution in [2.45, 2.75) is 70.3 Å². The van der Waals surface area contributed by atoms with E-state index >= 15 is 0 Å². The Morgan fingerprint density at radius 1 is 1.10 bits per heavy atom. The fraction of sp³-hybridized carbons (Fsp3) is 0.576. The molecule has 4 rings (SSSR count). The van der Waals surface area contributed by atoms with Gasteiger partial charge < -0.3 is 25.7 Å². The van der Waals surface area contributed by atoms with Crippen molar-refractivity contribution in [3.05, 3.63) is 58.6 Å². The maximum atomic E-state index is 13.7. The summed E-state index contributed by atoms with van der Waals surface area (Å²) in [5.41, 5.74) is 2.41. The van der Waals surface area contributed by atoms with Crippen LogP contribution in [0.4, 0.5) is 4.79 Å². The molecule has 224 valence electrons. The molecule has 2 aromatic rings. The second-order valence-corrected chi connectivity index (χ2v) is 12.3. The van der Waals surface area contributed by atoms with Crippen molar-refractivity contribution in [3.8, 4) is 11.1 Å². The van der Waals surface area contributed by atoms with E-state index in [9.17, 15) is 14.7 Å². The van der Waals surface area contributed by atoms with Gasteiger partial charge in [-0.05, 0) is 100 Å². The maximum absolute atomic E-state index is 13.7. The highest BCUT2D eigenvalue weighted by Crippen LogP contribution is 2.46. The third kappa shape index (κ3) is 7.62. The lowest BCUT2D eigenvalue weighted by Crippen LogP contribution is -2.50. The molecule has 0 radical (unpaired) electrons. The standard InChI is InChI=1S/C33H46ClN3O4/c1-3-23-8-4-9-26(20-23)30-28(11-5-12-29(30)34)33(41,17-7-18-36-32(39)40)27-10-6-19-37(22-27)31(38)25-15-13-24(14-16-25)21-35-2/h4-5,8-9,11-12,20,24-25,27,35-36,41H,3,6-7,10,13-19,21-22H2,1-2H3,(H,39,40)/t24-,25-,27-,33?/m1/s1. The Bertz CT molecular complexity index is 1180. The highest BCUT2D eigenvalue weighted by atomic mass is 35.5. The van der Waals surface area contributed by atoms with Crippen LogP contribution < -0.4 is 10.6 Å². The number of hydrogen-bond acceptors (Lipinski definition) is 4. The van der Waals surface area contributed by atoms with Crippen LogP contribution in [0.2, 0.25) is 5.02 Å². The Morgan fingerprint density at radius 2 is 1.85 bits per heavy atom. The third-order valence-electron chi connectivity index (χ3n) is 9.21. The van der Waals surface area contributed by atoms with Crippen LogP contribution in [0.3, 0.4) is 0 Å². The Morgan fingerprint density at radius 3 is 2.56 bits per heavy atom. The molecular formula is C33H46ClN3O4. The first-order chi connectivity index (χ1) is 19.8. The summed E-state index contributed by atoms with van der Waals surface area (Å²) in [6, 6.07) is 13.9. The van der Waals surface area contributed by atoms with Gasteiger partial charge in [-0.3, -0.25) is 4.79 Å². The second kappa shape index (κ2) is 14.5. The molecule has 1 aliphatic heterocycles. The minimum Gasteiger partial charge on any atom is -0.465 e. The summed E-state index contributed by atoms with van der Waals surface area (Å²) in [5, 5.41) is 28.1. The summed E-state index contributed by atoms with van der Waals surface area (Å²) in [6.07, 6.45) is 6.20. The summed E-state index contributed by atoms with van der Waals surface area (Å²) >= 11 is 6.85. The van der Waals surface area contributed by atoms with Crippen molar-refractivity contribution < 1.29 is 19.8 Å².